The van der Waals surface area contributed by atoms with Crippen molar-refractivity contribution in [2.24, 2.45) is 11.7 Å². The average Bonchev–Trinajstić information content (AvgIpc) is 2.77. The zero-order valence-electron chi connectivity index (χ0n) is 10.3. The van der Waals surface area contributed by atoms with Crippen molar-refractivity contribution in [3.63, 3.8) is 0 Å². The smallest absolute Gasteiger partial charge is 0.239 e. The van der Waals surface area contributed by atoms with Crippen LogP contribution >= 0.6 is 0 Å². The Hall–Kier alpha value is -0.570. The number of amides is 1. The van der Waals surface area contributed by atoms with E-state index in [1.807, 2.05) is 0 Å². The summed E-state index contributed by atoms with van der Waals surface area (Å²) in [6, 6.07) is 0.169. The maximum absolute atomic E-state index is 12.0. The lowest BCUT2D eigenvalue weighted by molar-refractivity contribution is -0.134. The lowest BCUT2D eigenvalue weighted by Crippen LogP contribution is -2.47. The summed E-state index contributed by atoms with van der Waals surface area (Å²) in [4.78, 5) is 14.1. The van der Waals surface area contributed by atoms with E-state index in [-0.39, 0.29) is 11.9 Å². The molecule has 3 nitrogen and oxygen atoms in total. The number of likely N-dealkylation sites (tertiary alicyclic amines) is 1. The molecular weight excluding hydrogens is 200 g/mol. The molecule has 2 N–H and O–H groups in total. The van der Waals surface area contributed by atoms with Crippen LogP contribution in [0.15, 0.2) is 0 Å². The molecule has 0 aromatic carbocycles. The summed E-state index contributed by atoms with van der Waals surface area (Å²) in [6.45, 7) is 2.74. The molecule has 2 rings (SSSR count). The summed E-state index contributed by atoms with van der Waals surface area (Å²) in [7, 11) is 0. The van der Waals surface area contributed by atoms with Crippen molar-refractivity contribution < 1.29 is 4.79 Å². The fourth-order valence-corrected chi connectivity index (χ4v) is 3.34. The van der Waals surface area contributed by atoms with E-state index in [0.717, 1.165) is 12.5 Å². The van der Waals surface area contributed by atoms with Crippen molar-refractivity contribution in [3.05, 3.63) is 0 Å². The average molecular weight is 224 g/mol. The van der Waals surface area contributed by atoms with E-state index in [9.17, 15) is 4.79 Å². The molecule has 2 fully saturated rings. The topological polar surface area (TPSA) is 46.3 Å². The highest BCUT2D eigenvalue weighted by Crippen LogP contribution is 2.34. The number of nitrogens with two attached hydrogens (primary N) is 1. The first kappa shape index (κ1) is 11.9. The molecule has 2 aliphatic rings. The van der Waals surface area contributed by atoms with Crippen molar-refractivity contribution in [1.82, 2.24) is 4.90 Å². The van der Waals surface area contributed by atoms with Gasteiger partial charge in [0.1, 0.15) is 0 Å². The molecule has 0 bridgehead atoms. The molecule has 1 saturated heterocycles. The number of hydrogen-bond donors (Lipinski definition) is 1. The lowest BCUT2D eigenvalue weighted by atomic mass is 9.83. The first-order valence-corrected chi connectivity index (χ1v) is 6.76. The monoisotopic (exact) mass is 224 g/mol. The first-order chi connectivity index (χ1) is 7.70. The predicted octanol–water partition coefficient (Wildman–Crippen LogP) is 1.90. The first-order valence-electron chi connectivity index (χ1n) is 6.76. The Morgan fingerprint density at radius 3 is 2.50 bits per heavy atom. The highest BCUT2D eigenvalue weighted by atomic mass is 16.2. The Labute approximate surface area is 98.4 Å². The number of carbonyl (C=O) groups excluding carboxylic acids is 1. The van der Waals surface area contributed by atoms with Crippen molar-refractivity contribution in [3.8, 4) is 0 Å². The second-order valence-electron chi connectivity index (χ2n) is 5.43. The van der Waals surface area contributed by atoms with Gasteiger partial charge in [0, 0.05) is 12.6 Å². The zero-order chi connectivity index (χ0) is 11.5. The third kappa shape index (κ3) is 2.40. The van der Waals surface area contributed by atoms with Crippen LogP contribution < -0.4 is 5.73 Å². The maximum atomic E-state index is 12.0. The summed E-state index contributed by atoms with van der Waals surface area (Å²) in [6.07, 6.45) is 9.07. The molecule has 1 amide bonds. The van der Waals surface area contributed by atoms with Crippen LogP contribution in [0.3, 0.4) is 0 Å². The van der Waals surface area contributed by atoms with Crippen molar-refractivity contribution in [2.75, 3.05) is 6.54 Å². The van der Waals surface area contributed by atoms with Crippen molar-refractivity contribution in [2.45, 2.75) is 64.0 Å². The van der Waals surface area contributed by atoms with Gasteiger partial charge in [0.05, 0.1) is 6.04 Å². The summed E-state index contributed by atoms with van der Waals surface area (Å²) >= 11 is 0. The maximum Gasteiger partial charge on any atom is 0.239 e. The molecule has 1 aliphatic heterocycles. The third-order valence-electron chi connectivity index (χ3n) is 4.17. The molecule has 0 aromatic heterocycles. The van der Waals surface area contributed by atoms with Crippen LogP contribution in [0.5, 0.6) is 0 Å². The van der Waals surface area contributed by atoms with Crippen LogP contribution in [0.4, 0.5) is 0 Å². The normalized spacial score (nSPS) is 29.4. The summed E-state index contributed by atoms with van der Waals surface area (Å²) in [5, 5.41) is 0. The Bertz CT molecular complexity index is 246. The molecule has 2 atom stereocenters. The second-order valence-corrected chi connectivity index (χ2v) is 5.43. The van der Waals surface area contributed by atoms with E-state index in [4.69, 9.17) is 5.73 Å². The van der Waals surface area contributed by atoms with Crippen molar-refractivity contribution >= 4 is 5.91 Å². The number of rotatable bonds is 2. The van der Waals surface area contributed by atoms with Crippen molar-refractivity contribution in [1.29, 1.82) is 0 Å². The summed E-state index contributed by atoms with van der Waals surface area (Å²) in [5.74, 6) is 0.909. The van der Waals surface area contributed by atoms with Gasteiger partial charge < -0.3 is 10.6 Å². The molecule has 1 saturated carbocycles. The lowest BCUT2D eigenvalue weighted by Gasteiger charge is -2.34. The van der Waals surface area contributed by atoms with E-state index in [0.29, 0.717) is 6.04 Å². The molecule has 3 heteroatoms. The SMILES string of the molecule is CC(N)C(=O)N1CCCC1C1CCCCC1. The minimum atomic E-state index is -0.329. The van der Waals surface area contributed by atoms with Gasteiger partial charge in [-0.05, 0) is 38.5 Å². The van der Waals surface area contributed by atoms with Crippen LogP contribution in [0.2, 0.25) is 0 Å². The van der Waals surface area contributed by atoms with Gasteiger partial charge in [0.2, 0.25) is 5.91 Å². The van der Waals surface area contributed by atoms with E-state index < -0.39 is 0 Å². The fraction of sp³-hybridized carbons (Fsp3) is 0.923. The van der Waals surface area contributed by atoms with Gasteiger partial charge in [0.25, 0.3) is 0 Å². The number of nitrogens with zero attached hydrogens (tertiary/aromatic N) is 1. The van der Waals surface area contributed by atoms with Crippen LogP contribution in [0.1, 0.15) is 51.9 Å². The van der Waals surface area contributed by atoms with Gasteiger partial charge in [-0.15, -0.1) is 0 Å². The van der Waals surface area contributed by atoms with E-state index >= 15 is 0 Å². The zero-order valence-corrected chi connectivity index (χ0v) is 10.3. The molecule has 16 heavy (non-hydrogen) atoms. The molecule has 2 unspecified atom stereocenters. The van der Waals surface area contributed by atoms with Crippen LogP contribution in [0, 0.1) is 5.92 Å². The van der Waals surface area contributed by atoms with Gasteiger partial charge in [-0.1, -0.05) is 19.3 Å². The molecule has 0 spiro atoms. The standard InChI is InChI=1S/C13H24N2O/c1-10(14)13(16)15-9-5-8-12(15)11-6-3-2-4-7-11/h10-12H,2-9,14H2,1H3. The second kappa shape index (κ2) is 5.17. The minimum absolute atomic E-state index is 0.160. The molecular formula is C13H24N2O. The Balaban J connectivity index is 1.99. The number of carbonyl (C=O) groups is 1. The molecule has 92 valence electrons. The molecule has 0 aromatic rings. The largest absolute Gasteiger partial charge is 0.338 e. The Kier molecular flexibility index (Phi) is 3.85. The minimum Gasteiger partial charge on any atom is -0.338 e. The van der Waals surface area contributed by atoms with Gasteiger partial charge >= 0.3 is 0 Å². The fourth-order valence-electron chi connectivity index (χ4n) is 3.34. The molecule has 1 heterocycles. The summed E-state index contributed by atoms with van der Waals surface area (Å²) in [5.41, 5.74) is 5.72. The van der Waals surface area contributed by atoms with Gasteiger partial charge in [0.15, 0.2) is 0 Å². The molecule has 1 aliphatic carbocycles. The van der Waals surface area contributed by atoms with E-state index in [1.165, 1.54) is 44.9 Å². The van der Waals surface area contributed by atoms with Crippen LogP contribution in [-0.2, 0) is 4.79 Å². The highest BCUT2D eigenvalue weighted by molar-refractivity contribution is 5.81. The summed E-state index contributed by atoms with van der Waals surface area (Å²) < 4.78 is 0. The Morgan fingerprint density at radius 2 is 1.88 bits per heavy atom. The van der Waals surface area contributed by atoms with Gasteiger partial charge in [-0.25, -0.2) is 0 Å². The predicted molar refractivity (Wildman–Crippen MR) is 65.0 cm³/mol. The highest BCUT2D eigenvalue weighted by Gasteiger charge is 2.35. The van der Waals surface area contributed by atoms with E-state index in [2.05, 4.69) is 4.90 Å². The van der Waals surface area contributed by atoms with Crippen LogP contribution in [0.25, 0.3) is 0 Å². The third-order valence-corrected chi connectivity index (χ3v) is 4.17. The van der Waals surface area contributed by atoms with E-state index in [1.54, 1.807) is 6.92 Å². The Morgan fingerprint density at radius 1 is 1.19 bits per heavy atom. The van der Waals surface area contributed by atoms with Crippen LogP contribution in [-0.4, -0.2) is 29.4 Å². The quantitative estimate of drug-likeness (QED) is 0.778. The molecule has 0 radical (unpaired) electrons. The van der Waals surface area contributed by atoms with Gasteiger partial charge in [-0.3, -0.25) is 4.79 Å². The van der Waals surface area contributed by atoms with Gasteiger partial charge in [-0.2, -0.15) is 0 Å². The number of hydrogen-bond acceptors (Lipinski definition) is 2.